The number of aryl methyl sites for hydroxylation is 1. The highest BCUT2D eigenvalue weighted by Crippen LogP contribution is 2.19. The molecule has 0 saturated heterocycles. The van der Waals surface area contributed by atoms with E-state index in [2.05, 4.69) is 4.98 Å². The summed E-state index contributed by atoms with van der Waals surface area (Å²) in [4.78, 5) is 13.6. The molecule has 0 fully saturated rings. The Morgan fingerprint density at radius 2 is 2.18 bits per heavy atom. The zero-order valence-corrected chi connectivity index (χ0v) is 10.7. The fourth-order valence-electron chi connectivity index (χ4n) is 1.23. The molecular formula is C9H11ClN2O4S. The van der Waals surface area contributed by atoms with Crippen molar-refractivity contribution in [2.45, 2.75) is 18.4 Å². The number of nitro groups is 1. The van der Waals surface area contributed by atoms with E-state index in [1.54, 1.807) is 0 Å². The topological polar surface area (TPSA) is 90.2 Å². The van der Waals surface area contributed by atoms with E-state index in [1.165, 1.54) is 13.0 Å². The van der Waals surface area contributed by atoms with Crippen molar-refractivity contribution in [3.05, 3.63) is 27.9 Å². The normalized spacial score (nSPS) is 11.4. The fraction of sp³-hybridized carbons (Fsp3) is 0.444. The summed E-state index contributed by atoms with van der Waals surface area (Å²) in [5.74, 6) is 0.131. The van der Waals surface area contributed by atoms with Crippen molar-refractivity contribution in [3.8, 4) is 0 Å². The van der Waals surface area contributed by atoms with Gasteiger partial charge in [-0.2, -0.15) is 0 Å². The average Bonchev–Trinajstić information content (AvgIpc) is 2.25. The average molecular weight is 279 g/mol. The molecule has 6 nitrogen and oxygen atoms in total. The van der Waals surface area contributed by atoms with Crippen LogP contribution in [0.15, 0.2) is 17.3 Å². The highest BCUT2D eigenvalue weighted by atomic mass is 35.5. The molecule has 17 heavy (non-hydrogen) atoms. The van der Waals surface area contributed by atoms with Gasteiger partial charge in [-0.25, -0.2) is 13.4 Å². The SMILES string of the molecule is Cc1cc(S(=O)(=O)CCCCl)ncc1[N+](=O)[O-]. The summed E-state index contributed by atoms with van der Waals surface area (Å²) in [5.41, 5.74) is 0.0794. The standard InChI is InChI=1S/C9H11ClN2O4S/c1-7-5-9(11-6-8(7)12(13)14)17(15,16)4-2-3-10/h5-6H,2-4H2,1H3. The van der Waals surface area contributed by atoms with Gasteiger partial charge in [0, 0.05) is 11.4 Å². The minimum absolute atomic E-state index is 0.110. The number of pyridine rings is 1. The lowest BCUT2D eigenvalue weighted by Gasteiger charge is -2.03. The number of halogens is 1. The van der Waals surface area contributed by atoms with Crippen molar-refractivity contribution in [1.29, 1.82) is 0 Å². The Bertz CT molecular complexity index is 530. The van der Waals surface area contributed by atoms with E-state index in [-0.39, 0.29) is 27.9 Å². The van der Waals surface area contributed by atoms with Gasteiger partial charge in [0.25, 0.3) is 5.69 Å². The first-order chi connectivity index (χ1) is 7.88. The predicted octanol–water partition coefficient (Wildman–Crippen LogP) is 1.70. The third-order valence-corrected chi connectivity index (χ3v) is 4.07. The van der Waals surface area contributed by atoms with E-state index in [0.717, 1.165) is 6.20 Å². The maximum atomic E-state index is 11.7. The first-order valence-corrected chi connectivity index (χ1v) is 6.97. The molecule has 1 rings (SSSR count). The largest absolute Gasteiger partial charge is 0.290 e. The first kappa shape index (κ1) is 13.9. The highest BCUT2D eigenvalue weighted by Gasteiger charge is 2.19. The second-order valence-electron chi connectivity index (χ2n) is 3.43. The van der Waals surface area contributed by atoms with E-state index in [9.17, 15) is 18.5 Å². The lowest BCUT2D eigenvalue weighted by molar-refractivity contribution is -0.385. The lowest BCUT2D eigenvalue weighted by atomic mass is 10.3. The van der Waals surface area contributed by atoms with Crippen molar-refractivity contribution in [3.63, 3.8) is 0 Å². The Hall–Kier alpha value is -1.21. The number of nitrogens with zero attached hydrogens (tertiary/aromatic N) is 2. The quantitative estimate of drug-likeness (QED) is 0.464. The van der Waals surface area contributed by atoms with Gasteiger partial charge < -0.3 is 0 Å². The molecule has 0 atom stereocenters. The molecule has 0 amide bonds. The van der Waals surface area contributed by atoms with Gasteiger partial charge >= 0.3 is 0 Å². The molecule has 0 aliphatic carbocycles. The molecule has 0 N–H and O–H groups in total. The second-order valence-corrected chi connectivity index (χ2v) is 5.86. The van der Waals surface area contributed by atoms with Crippen molar-refractivity contribution in [2.24, 2.45) is 0 Å². The van der Waals surface area contributed by atoms with E-state index in [4.69, 9.17) is 11.6 Å². The second kappa shape index (κ2) is 5.42. The van der Waals surface area contributed by atoms with Crippen molar-refractivity contribution in [2.75, 3.05) is 11.6 Å². The molecule has 1 heterocycles. The van der Waals surface area contributed by atoms with E-state index in [0.29, 0.717) is 6.42 Å². The van der Waals surface area contributed by atoms with Crippen molar-refractivity contribution < 1.29 is 13.3 Å². The summed E-state index contributed by atoms with van der Waals surface area (Å²) >= 11 is 5.42. The predicted molar refractivity (Wildman–Crippen MR) is 63.0 cm³/mol. The van der Waals surface area contributed by atoms with Crippen LogP contribution in [0.2, 0.25) is 0 Å². The minimum Gasteiger partial charge on any atom is -0.258 e. The first-order valence-electron chi connectivity index (χ1n) is 4.78. The Morgan fingerprint density at radius 3 is 2.65 bits per heavy atom. The van der Waals surface area contributed by atoms with Gasteiger partial charge in [-0.15, -0.1) is 11.6 Å². The summed E-state index contributed by atoms with van der Waals surface area (Å²) < 4.78 is 23.5. The zero-order chi connectivity index (χ0) is 13.1. The molecule has 0 radical (unpaired) electrons. The van der Waals surface area contributed by atoms with Crippen LogP contribution < -0.4 is 0 Å². The van der Waals surface area contributed by atoms with Gasteiger partial charge in [0.2, 0.25) is 0 Å². The molecule has 0 aliphatic rings. The summed E-state index contributed by atoms with van der Waals surface area (Å²) in [7, 11) is -3.51. The van der Waals surface area contributed by atoms with Gasteiger partial charge in [-0.3, -0.25) is 10.1 Å². The van der Waals surface area contributed by atoms with Gasteiger partial charge in [-0.05, 0) is 19.4 Å². The van der Waals surface area contributed by atoms with Gasteiger partial charge in [-0.1, -0.05) is 0 Å². The Labute approximate surface area is 104 Å². The molecule has 0 bridgehead atoms. The Morgan fingerprint density at radius 1 is 1.53 bits per heavy atom. The molecule has 0 spiro atoms. The summed E-state index contributed by atoms with van der Waals surface area (Å²) in [6.45, 7) is 1.47. The van der Waals surface area contributed by atoms with Gasteiger partial charge in [0.05, 0.1) is 10.7 Å². The van der Waals surface area contributed by atoms with E-state index in [1.807, 2.05) is 0 Å². The van der Waals surface area contributed by atoms with Crippen LogP contribution in [0.3, 0.4) is 0 Å². The maximum absolute atomic E-state index is 11.7. The third kappa shape index (κ3) is 3.37. The maximum Gasteiger partial charge on any atom is 0.290 e. The molecule has 1 aromatic heterocycles. The van der Waals surface area contributed by atoms with Crippen LogP contribution in [-0.2, 0) is 9.84 Å². The minimum atomic E-state index is -3.51. The summed E-state index contributed by atoms with van der Waals surface area (Å²) in [6, 6.07) is 1.21. The number of hydrogen-bond donors (Lipinski definition) is 0. The monoisotopic (exact) mass is 278 g/mol. The third-order valence-electron chi connectivity index (χ3n) is 2.12. The molecule has 94 valence electrons. The van der Waals surface area contributed by atoms with Crippen LogP contribution >= 0.6 is 11.6 Å². The van der Waals surface area contributed by atoms with Crippen LogP contribution in [0.5, 0.6) is 0 Å². The number of rotatable bonds is 5. The van der Waals surface area contributed by atoms with Gasteiger partial charge in [0.15, 0.2) is 14.9 Å². The summed E-state index contributed by atoms with van der Waals surface area (Å²) in [6.07, 6.45) is 1.28. The van der Waals surface area contributed by atoms with Crippen LogP contribution in [0, 0.1) is 17.0 Å². The van der Waals surface area contributed by atoms with Crippen LogP contribution in [-0.4, -0.2) is 30.0 Å². The molecule has 0 saturated carbocycles. The van der Waals surface area contributed by atoms with E-state index >= 15 is 0 Å². The smallest absolute Gasteiger partial charge is 0.258 e. The number of sulfone groups is 1. The van der Waals surface area contributed by atoms with Crippen molar-refractivity contribution in [1.82, 2.24) is 4.98 Å². The van der Waals surface area contributed by atoms with Crippen LogP contribution in [0.1, 0.15) is 12.0 Å². The van der Waals surface area contributed by atoms with Gasteiger partial charge in [0.1, 0.15) is 6.20 Å². The zero-order valence-electron chi connectivity index (χ0n) is 9.09. The molecule has 8 heteroatoms. The molecular weight excluding hydrogens is 268 g/mol. The number of alkyl halides is 1. The molecule has 0 unspecified atom stereocenters. The number of aromatic nitrogens is 1. The number of hydrogen-bond acceptors (Lipinski definition) is 5. The lowest BCUT2D eigenvalue weighted by Crippen LogP contribution is -2.10. The molecule has 1 aromatic rings. The fourth-order valence-corrected chi connectivity index (χ4v) is 2.83. The summed E-state index contributed by atoms with van der Waals surface area (Å²) in [5, 5.41) is 10.4. The highest BCUT2D eigenvalue weighted by molar-refractivity contribution is 7.91. The van der Waals surface area contributed by atoms with Crippen molar-refractivity contribution >= 4 is 27.1 Å². The molecule has 0 aromatic carbocycles. The Balaban J connectivity index is 3.09. The van der Waals surface area contributed by atoms with Crippen LogP contribution in [0.4, 0.5) is 5.69 Å². The Kier molecular flexibility index (Phi) is 4.41. The van der Waals surface area contributed by atoms with Crippen LogP contribution in [0.25, 0.3) is 0 Å². The molecule has 0 aliphatic heterocycles. The van der Waals surface area contributed by atoms with E-state index < -0.39 is 14.8 Å².